The second-order valence-electron chi connectivity index (χ2n) is 4.89. The van der Waals surface area contributed by atoms with Gasteiger partial charge in [0.15, 0.2) is 0 Å². The van der Waals surface area contributed by atoms with Crippen molar-refractivity contribution >= 4 is 19.9 Å². The first-order valence-electron chi connectivity index (χ1n) is 7.32. The summed E-state index contributed by atoms with van der Waals surface area (Å²) in [5, 5.41) is 2.69. The molecule has 2 nitrogen and oxygen atoms in total. The predicted molar refractivity (Wildman–Crippen MR) is 89.8 cm³/mol. The van der Waals surface area contributed by atoms with Gasteiger partial charge in [0.05, 0.1) is 14.2 Å². The highest BCUT2D eigenvalue weighted by atomic mass is 28.2. The molecule has 0 saturated heterocycles. The van der Waals surface area contributed by atoms with Gasteiger partial charge in [-0.15, -0.1) is 0 Å². The van der Waals surface area contributed by atoms with Gasteiger partial charge >= 0.3 is 0 Å². The highest BCUT2D eigenvalue weighted by Crippen LogP contribution is 2.17. The Morgan fingerprint density at radius 1 is 0.762 bits per heavy atom. The van der Waals surface area contributed by atoms with Crippen molar-refractivity contribution in [3.63, 3.8) is 0 Å². The molecule has 2 rings (SSSR count). The Morgan fingerprint density at radius 3 is 1.52 bits per heavy atom. The third-order valence-corrected chi connectivity index (χ3v) is 4.81. The van der Waals surface area contributed by atoms with Crippen LogP contribution in [0.1, 0.15) is 25.0 Å². The van der Waals surface area contributed by atoms with Gasteiger partial charge < -0.3 is 9.47 Å². The third-order valence-electron chi connectivity index (χ3n) is 3.61. The SMILES string of the molecule is CCc1cc([Si]c2ccc(OC)c(CC)c2)ccc1OC. The number of hydrogen-bond donors (Lipinski definition) is 0. The molecule has 0 spiro atoms. The zero-order valence-corrected chi connectivity index (χ0v) is 14.2. The Morgan fingerprint density at radius 2 is 1.19 bits per heavy atom. The molecule has 0 amide bonds. The van der Waals surface area contributed by atoms with Crippen LogP contribution in [0, 0.1) is 0 Å². The first kappa shape index (κ1) is 15.6. The molecule has 2 aromatic rings. The zero-order chi connectivity index (χ0) is 15.2. The average molecular weight is 298 g/mol. The second kappa shape index (κ2) is 7.32. The number of aryl methyl sites for hydroxylation is 2. The van der Waals surface area contributed by atoms with E-state index in [9.17, 15) is 0 Å². The minimum absolute atomic E-state index is 0.660. The van der Waals surface area contributed by atoms with Crippen molar-refractivity contribution in [2.75, 3.05) is 14.2 Å². The Kier molecular flexibility index (Phi) is 5.45. The largest absolute Gasteiger partial charge is 0.496 e. The molecule has 21 heavy (non-hydrogen) atoms. The Bertz CT molecular complexity index is 555. The van der Waals surface area contributed by atoms with Crippen molar-refractivity contribution in [1.29, 1.82) is 0 Å². The van der Waals surface area contributed by atoms with E-state index in [-0.39, 0.29) is 0 Å². The van der Waals surface area contributed by atoms with E-state index in [1.54, 1.807) is 14.2 Å². The van der Waals surface area contributed by atoms with Crippen molar-refractivity contribution in [3.8, 4) is 11.5 Å². The smallest absolute Gasteiger partial charge is 0.122 e. The van der Waals surface area contributed by atoms with Gasteiger partial charge in [0.1, 0.15) is 21.0 Å². The van der Waals surface area contributed by atoms with Crippen molar-refractivity contribution in [3.05, 3.63) is 47.5 Å². The molecular formula is C18H22O2Si. The maximum absolute atomic E-state index is 5.39. The molecule has 0 saturated carbocycles. The Labute approximate surface area is 129 Å². The summed E-state index contributed by atoms with van der Waals surface area (Å²) in [6.07, 6.45) is 1.98. The number of rotatable bonds is 6. The quantitative estimate of drug-likeness (QED) is 0.763. The minimum Gasteiger partial charge on any atom is -0.496 e. The van der Waals surface area contributed by atoms with Gasteiger partial charge in [-0.25, -0.2) is 0 Å². The molecule has 0 aliphatic carbocycles. The van der Waals surface area contributed by atoms with E-state index in [0.717, 1.165) is 24.3 Å². The average Bonchev–Trinajstić information content (AvgIpc) is 2.54. The molecule has 0 N–H and O–H groups in total. The normalized spacial score (nSPS) is 10.5. The van der Waals surface area contributed by atoms with Crippen LogP contribution in [0.25, 0.3) is 0 Å². The van der Waals surface area contributed by atoms with Crippen LogP contribution in [0.5, 0.6) is 11.5 Å². The second-order valence-corrected chi connectivity index (χ2v) is 6.29. The topological polar surface area (TPSA) is 18.5 Å². The van der Waals surface area contributed by atoms with Crippen LogP contribution in [-0.2, 0) is 12.8 Å². The van der Waals surface area contributed by atoms with Gasteiger partial charge in [-0.1, -0.05) is 48.5 Å². The fourth-order valence-corrected chi connectivity index (χ4v) is 3.59. The molecule has 0 aliphatic rings. The first-order chi connectivity index (χ1) is 10.2. The summed E-state index contributed by atoms with van der Waals surface area (Å²) in [5.41, 5.74) is 2.54. The highest BCUT2D eigenvalue weighted by Gasteiger charge is 2.07. The van der Waals surface area contributed by atoms with Crippen molar-refractivity contribution in [2.24, 2.45) is 0 Å². The van der Waals surface area contributed by atoms with Crippen LogP contribution in [0.15, 0.2) is 36.4 Å². The van der Waals surface area contributed by atoms with Crippen LogP contribution in [0.4, 0.5) is 0 Å². The predicted octanol–water partition coefficient (Wildman–Crippen LogP) is 2.48. The van der Waals surface area contributed by atoms with Gasteiger partial charge in [-0.2, -0.15) is 0 Å². The van der Waals surface area contributed by atoms with Crippen molar-refractivity contribution in [1.82, 2.24) is 0 Å². The first-order valence-corrected chi connectivity index (χ1v) is 8.32. The number of methoxy groups -OCH3 is 2. The standard InChI is InChI=1S/C18H22O2Si/c1-5-13-11-15(7-9-17(13)19-3)21-16-8-10-18(20-4)14(6-2)12-16/h7-12H,5-6H2,1-4H3. The Balaban J connectivity index is 2.25. The van der Waals surface area contributed by atoms with E-state index < -0.39 is 0 Å². The van der Waals surface area contributed by atoms with Crippen LogP contribution in [0.2, 0.25) is 0 Å². The Hall–Kier alpha value is -1.74. The van der Waals surface area contributed by atoms with Gasteiger partial charge in [0.25, 0.3) is 0 Å². The molecule has 3 heteroatoms. The van der Waals surface area contributed by atoms with E-state index in [4.69, 9.17) is 9.47 Å². The molecule has 110 valence electrons. The van der Waals surface area contributed by atoms with E-state index in [0.29, 0.717) is 9.52 Å². The molecule has 2 radical (unpaired) electrons. The van der Waals surface area contributed by atoms with Gasteiger partial charge in [-0.05, 0) is 36.1 Å². The summed E-state index contributed by atoms with van der Waals surface area (Å²) in [6.45, 7) is 4.32. The van der Waals surface area contributed by atoms with E-state index in [1.165, 1.54) is 21.5 Å². The molecule has 2 aromatic carbocycles. The molecule has 0 fully saturated rings. The van der Waals surface area contributed by atoms with E-state index >= 15 is 0 Å². The summed E-state index contributed by atoms with van der Waals surface area (Å²) >= 11 is 0. The fourth-order valence-electron chi connectivity index (χ4n) is 2.43. The molecule has 0 aromatic heterocycles. The summed E-state index contributed by atoms with van der Waals surface area (Å²) in [5.74, 6) is 1.96. The van der Waals surface area contributed by atoms with Crippen LogP contribution in [-0.4, -0.2) is 23.7 Å². The van der Waals surface area contributed by atoms with Crippen molar-refractivity contribution in [2.45, 2.75) is 26.7 Å². The maximum Gasteiger partial charge on any atom is 0.122 e. The lowest BCUT2D eigenvalue weighted by molar-refractivity contribution is 0.410. The number of hydrogen-bond acceptors (Lipinski definition) is 2. The highest BCUT2D eigenvalue weighted by molar-refractivity contribution is 6.67. The lowest BCUT2D eigenvalue weighted by Gasteiger charge is -2.11. The molecule has 0 aliphatic heterocycles. The molecule has 0 unspecified atom stereocenters. The molecule has 0 bridgehead atoms. The van der Waals surface area contributed by atoms with Crippen LogP contribution < -0.4 is 19.8 Å². The van der Waals surface area contributed by atoms with Gasteiger partial charge in [0, 0.05) is 0 Å². The van der Waals surface area contributed by atoms with Gasteiger partial charge in [-0.3, -0.25) is 0 Å². The molecular weight excluding hydrogens is 276 g/mol. The fraction of sp³-hybridized carbons (Fsp3) is 0.333. The lowest BCUT2D eigenvalue weighted by atomic mass is 10.1. The molecule has 0 heterocycles. The van der Waals surface area contributed by atoms with Crippen LogP contribution >= 0.6 is 0 Å². The summed E-state index contributed by atoms with van der Waals surface area (Å²) in [7, 11) is 4.12. The van der Waals surface area contributed by atoms with Gasteiger partial charge in [0.2, 0.25) is 0 Å². The lowest BCUT2D eigenvalue weighted by Crippen LogP contribution is -2.27. The summed E-state index contributed by atoms with van der Waals surface area (Å²) in [6, 6.07) is 13.0. The van der Waals surface area contributed by atoms with E-state index in [2.05, 4.69) is 50.2 Å². The van der Waals surface area contributed by atoms with E-state index in [1.807, 2.05) is 0 Å². The summed E-state index contributed by atoms with van der Waals surface area (Å²) < 4.78 is 10.8. The third kappa shape index (κ3) is 3.67. The van der Waals surface area contributed by atoms with Crippen LogP contribution in [0.3, 0.4) is 0 Å². The maximum atomic E-state index is 5.39. The summed E-state index contributed by atoms with van der Waals surface area (Å²) in [4.78, 5) is 0. The zero-order valence-electron chi connectivity index (χ0n) is 13.2. The molecule has 0 atom stereocenters. The number of benzene rings is 2. The minimum atomic E-state index is 0.660. The number of ether oxygens (including phenoxy) is 2. The monoisotopic (exact) mass is 298 g/mol. The van der Waals surface area contributed by atoms with Crippen molar-refractivity contribution < 1.29 is 9.47 Å².